The van der Waals surface area contributed by atoms with E-state index in [1.807, 2.05) is 49.1 Å². The van der Waals surface area contributed by atoms with Crippen molar-refractivity contribution in [3.63, 3.8) is 0 Å². The number of hydrazine groups is 1. The molecule has 110 valence electrons. The molecule has 6 nitrogen and oxygen atoms in total. The molecular weight excluding hydrogens is 288 g/mol. The Hall–Kier alpha value is -1.89. The number of nitrogens with one attached hydrogen (secondary N) is 1. The third-order valence-electron chi connectivity index (χ3n) is 3.71. The number of hydrogen-bond donors (Lipinski definition) is 2. The molecule has 0 saturated heterocycles. The van der Waals surface area contributed by atoms with Gasteiger partial charge < -0.3 is 0 Å². The Labute approximate surface area is 127 Å². The third-order valence-corrected chi connectivity index (χ3v) is 4.18. The lowest BCUT2D eigenvalue weighted by Gasteiger charge is -2.15. The van der Waals surface area contributed by atoms with Crippen LogP contribution in [0.25, 0.3) is 5.52 Å². The lowest BCUT2D eigenvalue weighted by molar-refractivity contribution is 0.554. The maximum Gasteiger partial charge on any atom is 0.130 e. The van der Waals surface area contributed by atoms with Gasteiger partial charge in [-0.3, -0.25) is 16.0 Å². The van der Waals surface area contributed by atoms with Crippen LogP contribution in [0.2, 0.25) is 5.15 Å². The zero-order chi connectivity index (χ0) is 15.0. The first-order chi connectivity index (χ1) is 10.1. The van der Waals surface area contributed by atoms with Gasteiger partial charge in [0.25, 0.3) is 0 Å². The van der Waals surface area contributed by atoms with E-state index in [-0.39, 0.29) is 6.04 Å². The molecule has 3 rings (SSSR count). The normalized spacial score (nSPS) is 13.0. The fourth-order valence-electron chi connectivity index (χ4n) is 2.59. The number of pyridine rings is 1. The van der Waals surface area contributed by atoms with Crippen molar-refractivity contribution < 1.29 is 0 Å². The monoisotopic (exact) mass is 304 g/mol. The molecule has 0 aliphatic carbocycles. The quantitative estimate of drug-likeness (QED) is 0.569. The second-order valence-electron chi connectivity index (χ2n) is 5.03. The number of aromatic nitrogens is 4. The molecular formula is C14H17ClN6. The molecule has 0 bridgehead atoms. The van der Waals surface area contributed by atoms with Crippen molar-refractivity contribution in [1.29, 1.82) is 0 Å². The Morgan fingerprint density at radius 2 is 2.24 bits per heavy atom. The van der Waals surface area contributed by atoms with Crippen LogP contribution >= 0.6 is 11.6 Å². The largest absolute Gasteiger partial charge is 0.271 e. The molecule has 7 heteroatoms. The first-order valence-electron chi connectivity index (χ1n) is 6.68. The second-order valence-corrected chi connectivity index (χ2v) is 5.39. The van der Waals surface area contributed by atoms with Crippen molar-refractivity contribution in [1.82, 2.24) is 24.8 Å². The van der Waals surface area contributed by atoms with E-state index in [9.17, 15) is 0 Å². The minimum atomic E-state index is -0.0784. The molecule has 21 heavy (non-hydrogen) atoms. The van der Waals surface area contributed by atoms with E-state index >= 15 is 0 Å². The van der Waals surface area contributed by atoms with Gasteiger partial charge in [-0.25, -0.2) is 4.52 Å². The summed E-state index contributed by atoms with van der Waals surface area (Å²) in [5, 5.41) is 9.33. The van der Waals surface area contributed by atoms with Crippen LogP contribution in [-0.2, 0) is 13.5 Å². The lowest BCUT2D eigenvalue weighted by atomic mass is 10.0. The number of fused-ring (bicyclic) bond motifs is 1. The average Bonchev–Trinajstić information content (AvgIpc) is 3.00. The molecule has 3 heterocycles. The summed E-state index contributed by atoms with van der Waals surface area (Å²) in [6, 6.07) is 5.86. The summed E-state index contributed by atoms with van der Waals surface area (Å²) in [6.07, 6.45) is 4.40. The van der Waals surface area contributed by atoms with Crippen LogP contribution in [0.4, 0.5) is 0 Å². The Balaban J connectivity index is 1.99. The van der Waals surface area contributed by atoms with Crippen LogP contribution in [0.3, 0.4) is 0 Å². The number of nitrogens with zero attached hydrogens (tertiary/aromatic N) is 4. The molecule has 0 saturated carbocycles. The highest BCUT2D eigenvalue weighted by molar-refractivity contribution is 6.30. The number of rotatable bonds is 4. The highest BCUT2D eigenvalue weighted by atomic mass is 35.5. The minimum Gasteiger partial charge on any atom is -0.271 e. The van der Waals surface area contributed by atoms with Crippen LogP contribution in [0.15, 0.2) is 30.6 Å². The van der Waals surface area contributed by atoms with Crippen molar-refractivity contribution in [2.24, 2.45) is 12.9 Å². The van der Waals surface area contributed by atoms with Gasteiger partial charge in [0.1, 0.15) is 5.15 Å². The number of nitrogens with two attached hydrogens (primary N) is 1. The van der Waals surface area contributed by atoms with Gasteiger partial charge in [0.05, 0.1) is 23.4 Å². The van der Waals surface area contributed by atoms with Gasteiger partial charge in [-0.1, -0.05) is 17.7 Å². The number of halogens is 1. The standard InChI is InChI=1S/C14H17ClN6/c1-9-10(14(15)20(2)19-9)7-12(18-16)11-8-17-21-6-4-3-5-13(11)21/h3-6,8,12,18H,7,16H2,1-2H3. The van der Waals surface area contributed by atoms with E-state index in [0.29, 0.717) is 11.6 Å². The van der Waals surface area contributed by atoms with Crippen molar-refractivity contribution in [3.05, 3.63) is 52.6 Å². The van der Waals surface area contributed by atoms with Crippen molar-refractivity contribution in [2.45, 2.75) is 19.4 Å². The molecule has 3 N–H and O–H groups in total. The smallest absolute Gasteiger partial charge is 0.130 e. The maximum absolute atomic E-state index is 6.31. The third kappa shape index (κ3) is 2.42. The summed E-state index contributed by atoms with van der Waals surface area (Å²) in [4.78, 5) is 0. The number of hydrogen-bond acceptors (Lipinski definition) is 4. The summed E-state index contributed by atoms with van der Waals surface area (Å²) in [5.41, 5.74) is 6.84. The van der Waals surface area contributed by atoms with Crippen LogP contribution < -0.4 is 11.3 Å². The van der Waals surface area contributed by atoms with Crippen LogP contribution in [0, 0.1) is 6.92 Å². The summed E-state index contributed by atoms with van der Waals surface area (Å²) < 4.78 is 3.51. The van der Waals surface area contributed by atoms with Gasteiger partial charge in [0, 0.05) is 24.4 Å². The predicted molar refractivity (Wildman–Crippen MR) is 81.9 cm³/mol. The second kappa shape index (κ2) is 5.48. The molecule has 0 amide bonds. The fraction of sp³-hybridized carbons (Fsp3) is 0.286. The Morgan fingerprint density at radius 3 is 2.90 bits per heavy atom. The van der Waals surface area contributed by atoms with E-state index in [1.165, 1.54) is 0 Å². The predicted octanol–water partition coefficient (Wildman–Crippen LogP) is 1.78. The molecule has 3 aromatic rings. The SMILES string of the molecule is Cc1nn(C)c(Cl)c1CC(NN)c1cnn2ccccc12. The first-order valence-corrected chi connectivity index (χ1v) is 7.06. The highest BCUT2D eigenvalue weighted by Crippen LogP contribution is 2.27. The Kier molecular flexibility index (Phi) is 3.67. The van der Waals surface area contributed by atoms with E-state index < -0.39 is 0 Å². The van der Waals surface area contributed by atoms with E-state index in [4.69, 9.17) is 17.4 Å². The lowest BCUT2D eigenvalue weighted by Crippen LogP contribution is -2.29. The van der Waals surface area contributed by atoms with Gasteiger partial charge >= 0.3 is 0 Å². The van der Waals surface area contributed by atoms with E-state index in [1.54, 1.807) is 4.68 Å². The topological polar surface area (TPSA) is 73.2 Å². The zero-order valence-corrected chi connectivity index (χ0v) is 12.7. The molecule has 0 aliphatic heterocycles. The maximum atomic E-state index is 6.31. The summed E-state index contributed by atoms with van der Waals surface area (Å²) >= 11 is 6.31. The van der Waals surface area contributed by atoms with Crippen molar-refractivity contribution in [3.8, 4) is 0 Å². The molecule has 0 aromatic carbocycles. The average molecular weight is 305 g/mol. The molecule has 0 fully saturated rings. The van der Waals surface area contributed by atoms with Crippen LogP contribution in [-0.4, -0.2) is 19.4 Å². The summed E-state index contributed by atoms with van der Waals surface area (Å²) in [5.74, 6) is 5.75. The van der Waals surface area contributed by atoms with Gasteiger partial charge in [-0.2, -0.15) is 10.2 Å². The van der Waals surface area contributed by atoms with Gasteiger partial charge in [-0.15, -0.1) is 0 Å². The van der Waals surface area contributed by atoms with Gasteiger partial charge in [-0.05, 0) is 25.5 Å². The molecule has 0 radical (unpaired) electrons. The van der Waals surface area contributed by atoms with E-state index in [0.717, 1.165) is 22.3 Å². The molecule has 1 unspecified atom stereocenters. The van der Waals surface area contributed by atoms with Crippen LogP contribution in [0.5, 0.6) is 0 Å². The van der Waals surface area contributed by atoms with Crippen molar-refractivity contribution >= 4 is 17.1 Å². The minimum absolute atomic E-state index is 0.0784. The number of aryl methyl sites for hydroxylation is 2. The highest BCUT2D eigenvalue weighted by Gasteiger charge is 2.20. The van der Waals surface area contributed by atoms with E-state index in [2.05, 4.69) is 15.6 Å². The van der Waals surface area contributed by atoms with Crippen molar-refractivity contribution in [2.75, 3.05) is 0 Å². The summed E-state index contributed by atoms with van der Waals surface area (Å²) in [6.45, 7) is 1.95. The van der Waals surface area contributed by atoms with Gasteiger partial charge in [0.2, 0.25) is 0 Å². The first kappa shape index (κ1) is 14.1. The molecule has 1 atom stereocenters. The Bertz CT molecular complexity index is 775. The summed E-state index contributed by atoms with van der Waals surface area (Å²) in [7, 11) is 1.83. The molecule has 0 aliphatic rings. The molecule has 0 spiro atoms. The zero-order valence-electron chi connectivity index (χ0n) is 11.9. The molecule has 3 aromatic heterocycles. The Morgan fingerprint density at radius 1 is 1.43 bits per heavy atom. The van der Waals surface area contributed by atoms with Crippen LogP contribution in [0.1, 0.15) is 22.9 Å². The van der Waals surface area contributed by atoms with Gasteiger partial charge in [0.15, 0.2) is 0 Å². The fourth-order valence-corrected chi connectivity index (χ4v) is 2.84.